The van der Waals surface area contributed by atoms with E-state index < -0.39 is 0 Å². The minimum Gasteiger partial charge on any atom is -0.351 e. The van der Waals surface area contributed by atoms with E-state index in [1.807, 2.05) is 11.4 Å². The van der Waals surface area contributed by atoms with Crippen LogP contribution in [-0.4, -0.2) is 18.4 Å². The maximum atomic E-state index is 11.8. The van der Waals surface area contributed by atoms with Crippen LogP contribution in [0.1, 0.15) is 21.7 Å². The average Bonchev–Trinajstić information content (AvgIpc) is 3.01. The maximum absolute atomic E-state index is 11.8. The SMILES string of the molecule is N#Cc1ccc(NC(=O)CCNC(=O)c2cccs2)cc1Cl. The van der Waals surface area contributed by atoms with Crippen molar-refractivity contribution in [3.63, 3.8) is 0 Å². The molecule has 1 heterocycles. The summed E-state index contributed by atoms with van der Waals surface area (Å²) in [5.74, 6) is -0.434. The molecule has 0 spiro atoms. The first-order valence-electron chi connectivity index (χ1n) is 6.41. The minimum atomic E-state index is -0.243. The predicted octanol–water partition coefficient (Wildman–Crippen LogP) is 3.03. The zero-order valence-electron chi connectivity index (χ0n) is 11.4. The molecular weight excluding hydrogens is 322 g/mol. The molecule has 1 aromatic carbocycles. The van der Waals surface area contributed by atoms with Crippen LogP contribution in [-0.2, 0) is 4.79 Å². The van der Waals surface area contributed by atoms with Gasteiger partial charge in [-0.1, -0.05) is 17.7 Å². The number of rotatable bonds is 5. The fraction of sp³-hybridized carbons (Fsp3) is 0.133. The second kappa shape index (κ2) is 7.59. The molecule has 0 aliphatic heterocycles. The third-order valence-electron chi connectivity index (χ3n) is 2.76. The van der Waals surface area contributed by atoms with Crippen molar-refractivity contribution in [2.75, 3.05) is 11.9 Å². The normalized spacial score (nSPS) is 9.82. The van der Waals surface area contributed by atoms with E-state index in [0.717, 1.165) is 0 Å². The zero-order chi connectivity index (χ0) is 15.9. The third-order valence-corrected chi connectivity index (χ3v) is 3.94. The van der Waals surface area contributed by atoms with Crippen LogP contribution in [0.25, 0.3) is 0 Å². The Labute approximate surface area is 136 Å². The van der Waals surface area contributed by atoms with Gasteiger partial charge in [-0.2, -0.15) is 5.26 Å². The van der Waals surface area contributed by atoms with Gasteiger partial charge in [0.2, 0.25) is 5.91 Å². The quantitative estimate of drug-likeness (QED) is 0.882. The van der Waals surface area contributed by atoms with Gasteiger partial charge in [-0.25, -0.2) is 0 Å². The number of hydrogen-bond acceptors (Lipinski definition) is 4. The molecule has 0 aliphatic rings. The fourth-order valence-corrected chi connectivity index (χ4v) is 2.55. The number of hydrogen-bond donors (Lipinski definition) is 2. The number of halogens is 1. The molecule has 2 amide bonds. The lowest BCUT2D eigenvalue weighted by atomic mass is 10.2. The average molecular weight is 334 g/mol. The summed E-state index contributed by atoms with van der Waals surface area (Å²) in [5, 5.41) is 16.2. The lowest BCUT2D eigenvalue weighted by molar-refractivity contribution is -0.116. The molecule has 0 unspecified atom stereocenters. The van der Waals surface area contributed by atoms with Crippen LogP contribution in [0, 0.1) is 11.3 Å². The van der Waals surface area contributed by atoms with Gasteiger partial charge in [0, 0.05) is 18.7 Å². The molecular formula is C15H12ClN3O2S. The van der Waals surface area contributed by atoms with Crippen LogP contribution in [0.4, 0.5) is 5.69 Å². The van der Waals surface area contributed by atoms with Crippen LogP contribution >= 0.6 is 22.9 Å². The Morgan fingerprint density at radius 1 is 1.32 bits per heavy atom. The molecule has 0 fully saturated rings. The maximum Gasteiger partial charge on any atom is 0.261 e. The van der Waals surface area contributed by atoms with Crippen LogP contribution < -0.4 is 10.6 Å². The van der Waals surface area contributed by atoms with Gasteiger partial charge >= 0.3 is 0 Å². The summed E-state index contributed by atoms with van der Waals surface area (Å²) in [6, 6.07) is 10.1. The molecule has 0 bridgehead atoms. The van der Waals surface area contributed by atoms with E-state index in [1.165, 1.54) is 23.5 Å². The highest BCUT2D eigenvalue weighted by molar-refractivity contribution is 7.12. The summed E-state index contributed by atoms with van der Waals surface area (Å²) < 4.78 is 0. The monoisotopic (exact) mass is 333 g/mol. The molecule has 2 aromatic rings. The first-order valence-corrected chi connectivity index (χ1v) is 7.67. The number of amides is 2. The van der Waals surface area contributed by atoms with Gasteiger partial charge < -0.3 is 10.6 Å². The van der Waals surface area contributed by atoms with Gasteiger partial charge in [-0.15, -0.1) is 11.3 Å². The van der Waals surface area contributed by atoms with E-state index in [4.69, 9.17) is 16.9 Å². The fourth-order valence-electron chi connectivity index (χ4n) is 1.69. The second-order valence-electron chi connectivity index (χ2n) is 4.34. The Morgan fingerprint density at radius 2 is 2.14 bits per heavy atom. The molecule has 2 N–H and O–H groups in total. The molecule has 0 atom stereocenters. The minimum absolute atomic E-state index is 0.148. The summed E-state index contributed by atoms with van der Waals surface area (Å²) in [5.41, 5.74) is 0.862. The number of nitrogens with one attached hydrogen (secondary N) is 2. The summed E-state index contributed by atoms with van der Waals surface area (Å²) in [7, 11) is 0. The van der Waals surface area contributed by atoms with Gasteiger partial charge in [0.15, 0.2) is 0 Å². The molecule has 0 radical (unpaired) electrons. The van der Waals surface area contributed by atoms with Crippen molar-refractivity contribution in [3.8, 4) is 6.07 Å². The number of anilines is 1. The topological polar surface area (TPSA) is 82.0 Å². The second-order valence-corrected chi connectivity index (χ2v) is 5.69. The van der Waals surface area contributed by atoms with Crippen molar-refractivity contribution in [1.82, 2.24) is 5.32 Å². The van der Waals surface area contributed by atoms with Gasteiger partial charge in [-0.05, 0) is 29.6 Å². The smallest absolute Gasteiger partial charge is 0.261 e. The van der Waals surface area contributed by atoms with E-state index in [2.05, 4.69) is 10.6 Å². The zero-order valence-corrected chi connectivity index (χ0v) is 13.0. The molecule has 2 rings (SSSR count). The van der Waals surface area contributed by atoms with Crippen molar-refractivity contribution in [1.29, 1.82) is 5.26 Å². The van der Waals surface area contributed by atoms with Crippen LogP contribution in [0.2, 0.25) is 5.02 Å². The van der Waals surface area contributed by atoms with E-state index in [1.54, 1.807) is 18.2 Å². The first kappa shape index (κ1) is 16.0. The van der Waals surface area contributed by atoms with Gasteiger partial charge in [0.25, 0.3) is 5.91 Å². The van der Waals surface area contributed by atoms with E-state index in [0.29, 0.717) is 16.1 Å². The molecule has 22 heavy (non-hydrogen) atoms. The number of nitriles is 1. The first-order chi connectivity index (χ1) is 10.6. The van der Waals surface area contributed by atoms with Crippen molar-refractivity contribution in [2.45, 2.75) is 6.42 Å². The van der Waals surface area contributed by atoms with Gasteiger partial charge in [-0.3, -0.25) is 9.59 Å². The third kappa shape index (κ3) is 4.32. The molecule has 0 saturated heterocycles. The van der Waals surface area contributed by atoms with E-state index in [-0.39, 0.29) is 29.8 Å². The summed E-state index contributed by atoms with van der Waals surface area (Å²) in [6.45, 7) is 0.243. The molecule has 1 aromatic heterocycles. The Balaban J connectivity index is 1.80. The van der Waals surface area contributed by atoms with Gasteiger partial charge in [0.1, 0.15) is 6.07 Å². The Morgan fingerprint density at radius 3 is 2.77 bits per heavy atom. The van der Waals surface area contributed by atoms with Crippen molar-refractivity contribution < 1.29 is 9.59 Å². The molecule has 5 nitrogen and oxygen atoms in total. The van der Waals surface area contributed by atoms with E-state index >= 15 is 0 Å². The van der Waals surface area contributed by atoms with Crippen molar-refractivity contribution in [3.05, 3.63) is 51.2 Å². The summed E-state index contributed by atoms with van der Waals surface area (Å²) in [6.07, 6.45) is 0.148. The summed E-state index contributed by atoms with van der Waals surface area (Å²) in [4.78, 5) is 24.1. The molecule has 0 aliphatic carbocycles. The predicted molar refractivity (Wildman–Crippen MR) is 86.1 cm³/mol. The Hall–Kier alpha value is -2.36. The van der Waals surface area contributed by atoms with Gasteiger partial charge in [0.05, 0.1) is 15.5 Å². The standard InChI is InChI=1S/C15H12ClN3O2S/c16-12-8-11(4-3-10(12)9-17)19-14(20)5-6-18-15(21)13-2-1-7-22-13/h1-4,7-8H,5-6H2,(H,18,21)(H,19,20). The van der Waals surface area contributed by atoms with Crippen LogP contribution in [0.5, 0.6) is 0 Å². The number of carbonyl (C=O) groups is 2. The Kier molecular flexibility index (Phi) is 5.53. The lowest BCUT2D eigenvalue weighted by Gasteiger charge is -2.07. The highest BCUT2D eigenvalue weighted by atomic mass is 35.5. The number of nitrogens with zero attached hydrogens (tertiary/aromatic N) is 1. The largest absolute Gasteiger partial charge is 0.351 e. The van der Waals surface area contributed by atoms with Crippen LogP contribution in [0.3, 0.4) is 0 Å². The molecule has 7 heteroatoms. The highest BCUT2D eigenvalue weighted by Gasteiger charge is 2.08. The molecule has 112 valence electrons. The lowest BCUT2D eigenvalue weighted by Crippen LogP contribution is -2.27. The van der Waals surface area contributed by atoms with E-state index in [9.17, 15) is 9.59 Å². The Bertz CT molecular complexity index is 723. The summed E-state index contributed by atoms with van der Waals surface area (Å²) >= 11 is 7.23. The number of carbonyl (C=O) groups excluding carboxylic acids is 2. The molecule has 0 saturated carbocycles. The van der Waals surface area contributed by atoms with Crippen molar-refractivity contribution >= 4 is 40.4 Å². The van der Waals surface area contributed by atoms with Crippen molar-refractivity contribution in [2.24, 2.45) is 0 Å². The number of thiophene rings is 1. The van der Waals surface area contributed by atoms with Crippen LogP contribution in [0.15, 0.2) is 35.7 Å². The number of benzene rings is 1. The highest BCUT2D eigenvalue weighted by Crippen LogP contribution is 2.20.